The molecule has 17 heavy (non-hydrogen) atoms. The maximum atomic E-state index is 12.1. The van der Waals surface area contributed by atoms with Crippen LogP contribution in [0.4, 0.5) is 5.82 Å². The van der Waals surface area contributed by atoms with E-state index in [1.54, 1.807) is 18.1 Å². The number of carbonyl (C=O) groups is 1. The number of anilines is 1. The molecule has 0 spiro atoms. The van der Waals surface area contributed by atoms with Crippen molar-refractivity contribution in [2.24, 2.45) is 0 Å². The minimum atomic E-state index is -0.0485. The van der Waals surface area contributed by atoms with Crippen molar-refractivity contribution in [1.82, 2.24) is 14.9 Å². The van der Waals surface area contributed by atoms with Crippen molar-refractivity contribution in [1.29, 1.82) is 0 Å². The normalized spacial score (nSPS) is 19.1. The van der Waals surface area contributed by atoms with Crippen molar-refractivity contribution in [3.63, 3.8) is 0 Å². The molecule has 0 aliphatic carbocycles. The second-order valence-electron chi connectivity index (χ2n) is 3.97. The SMILES string of the molecule is CNc1cnc(C(=O)N(C)C2CCSC2)cn1. The molecular weight excluding hydrogens is 236 g/mol. The molecule has 1 saturated heterocycles. The molecule has 0 bridgehead atoms. The molecule has 1 N–H and O–H groups in total. The van der Waals surface area contributed by atoms with Crippen LogP contribution in [0.25, 0.3) is 0 Å². The summed E-state index contributed by atoms with van der Waals surface area (Å²) in [6.07, 6.45) is 4.16. The summed E-state index contributed by atoms with van der Waals surface area (Å²) in [6.45, 7) is 0. The van der Waals surface area contributed by atoms with E-state index in [2.05, 4.69) is 15.3 Å². The summed E-state index contributed by atoms with van der Waals surface area (Å²) in [5.74, 6) is 2.77. The first-order chi connectivity index (χ1) is 8.22. The topological polar surface area (TPSA) is 58.1 Å². The number of rotatable bonds is 3. The number of nitrogens with zero attached hydrogens (tertiary/aromatic N) is 3. The highest BCUT2D eigenvalue weighted by Crippen LogP contribution is 2.22. The standard InChI is InChI=1S/C11H16N4OS/c1-12-10-6-13-9(5-14-10)11(16)15(2)8-3-4-17-7-8/h5-6,8H,3-4,7H2,1-2H3,(H,12,14). The van der Waals surface area contributed by atoms with Gasteiger partial charge in [0.2, 0.25) is 0 Å². The molecule has 1 fully saturated rings. The molecule has 2 heterocycles. The summed E-state index contributed by atoms with van der Waals surface area (Å²) in [5, 5.41) is 2.88. The fourth-order valence-electron chi connectivity index (χ4n) is 1.74. The van der Waals surface area contributed by atoms with Gasteiger partial charge in [0.15, 0.2) is 0 Å². The van der Waals surface area contributed by atoms with E-state index in [0.29, 0.717) is 17.6 Å². The largest absolute Gasteiger partial charge is 0.372 e. The van der Waals surface area contributed by atoms with Crippen molar-refractivity contribution in [3.8, 4) is 0 Å². The molecule has 0 radical (unpaired) electrons. The lowest BCUT2D eigenvalue weighted by Crippen LogP contribution is -2.37. The molecular formula is C11H16N4OS. The van der Waals surface area contributed by atoms with E-state index in [9.17, 15) is 4.79 Å². The average molecular weight is 252 g/mol. The molecule has 1 aliphatic heterocycles. The quantitative estimate of drug-likeness (QED) is 0.873. The fourth-order valence-corrected chi connectivity index (χ4v) is 3.01. The number of aromatic nitrogens is 2. The summed E-state index contributed by atoms with van der Waals surface area (Å²) < 4.78 is 0. The molecule has 1 amide bonds. The Hall–Kier alpha value is -1.30. The molecule has 2 rings (SSSR count). The van der Waals surface area contributed by atoms with Crippen LogP contribution in [0.5, 0.6) is 0 Å². The first-order valence-corrected chi connectivity index (χ1v) is 6.72. The number of hydrogen-bond acceptors (Lipinski definition) is 5. The van der Waals surface area contributed by atoms with E-state index in [1.165, 1.54) is 6.20 Å². The summed E-state index contributed by atoms with van der Waals surface area (Å²) in [5.41, 5.74) is 0.406. The van der Waals surface area contributed by atoms with Crippen LogP contribution in [0.3, 0.4) is 0 Å². The minimum Gasteiger partial charge on any atom is -0.372 e. The molecule has 1 aromatic heterocycles. The molecule has 1 unspecified atom stereocenters. The van der Waals surface area contributed by atoms with Crippen LogP contribution >= 0.6 is 11.8 Å². The Kier molecular flexibility index (Phi) is 3.83. The Balaban J connectivity index is 2.07. The summed E-state index contributed by atoms with van der Waals surface area (Å²) in [4.78, 5) is 22.1. The fraction of sp³-hybridized carbons (Fsp3) is 0.545. The van der Waals surface area contributed by atoms with Gasteiger partial charge in [-0.25, -0.2) is 9.97 Å². The van der Waals surface area contributed by atoms with Crippen LogP contribution in [0.1, 0.15) is 16.9 Å². The van der Waals surface area contributed by atoms with Crippen molar-refractivity contribution in [2.75, 3.05) is 30.9 Å². The Morgan fingerprint density at radius 3 is 2.88 bits per heavy atom. The number of hydrogen-bond donors (Lipinski definition) is 1. The smallest absolute Gasteiger partial charge is 0.274 e. The monoisotopic (exact) mass is 252 g/mol. The van der Waals surface area contributed by atoms with E-state index in [1.807, 2.05) is 18.8 Å². The highest BCUT2D eigenvalue weighted by Gasteiger charge is 2.25. The van der Waals surface area contributed by atoms with E-state index in [4.69, 9.17) is 0 Å². The van der Waals surface area contributed by atoms with Gasteiger partial charge < -0.3 is 10.2 Å². The van der Waals surface area contributed by atoms with Crippen LogP contribution in [0.15, 0.2) is 12.4 Å². The molecule has 1 atom stereocenters. The van der Waals surface area contributed by atoms with Gasteiger partial charge >= 0.3 is 0 Å². The Morgan fingerprint density at radius 1 is 1.53 bits per heavy atom. The third kappa shape index (κ3) is 2.69. The first-order valence-electron chi connectivity index (χ1n) is 5.57. The van der Waals surface area contributed by atoms with Crippen LogP contribution in [-0.2, 0) is 0 Å². The zero-order chi connectivity index (χ0) is 12.3. The van der Waals surface area contributed by atoms with E-state index in [-0.39, 0.29) is 5.91 Å². The van der Waals surface area contributed by atoms with Crippen LogP contribution < -0.4 is 5.32 Å². The molecule has 6 heteroatoms. The van der Waals surface area contributed by atoms with Crippen molar-refractivity contribution < 1.29 is 4.79 Å². The van der Waals surface area contributed by atoms with E-state index >= 15 is 0 Å². The maximum absolute atomic E-state index is 12.1. The lowest BCUT2D eigenvalue weighted by molar-refractivity contribution is 0.0741. The molecule has 0 aromatic carbocycles. The summed E-state index contributed by atoms with van der Waals surface area (Å²) >= 11 is 1.89. The molecule has 1 aromatic rings. The van der Waals surface area contributed by atoms with Crippen LogP contribution in [0, 0.1) is 0 Å². The van der Waals surface area contributed by atoms with Crippen molar-refractivity contribution in [2.45, 2.75) is 12.5 Å². The average Bonchev–Trinajstić information content (AvgIpc) is 2.91. The number of thioether (sulfide) groups is 1. The first kappa shape index (κ1) is 12.2. The van der Waals surface area contributed by atoms with Gasteiger partial charge in [0.05, 0.1) is 12.4 Å². The lowest BCUT2D eigenvalue weighted by Gasteiger charge is -2.23. The predicted molar refractivity (Wildman–Crippen MR) is 69.4 cm³/mol. The third-order valence-electron chi connectivity index (χ3n) is 2.90. The second-order valence-corrected chi connectivity index (χ2v) is 5.12. The molecule has 0 saturated carbocycles. The van der Waals surface area contributed by atoms with Gasteiger partial charge in [-0.1, -0.05) is 0 Å². The van der Waals surface area contributed by atoms with Gasteiger partial charge in [0.25, 0.3) is 5.91 Å². The van der Waals surface area contributed by atoms with Gasteiger partial charge in [-0.05, 0) is 12.2 Å². The zero-order valence-electron chi connectivity index (χ0n) is 10.0. The molecule has 5 nitrogen and oxygen atoms in total. The highest BCUT2D eigenvalue weighted by molar-refractivity contribution is 7.99. The van der Waals surface area contributed by atoms with E-state index in [0.717, 1.165) is 17.9 Å². The number of nitrogens with one attached hydrogen (secondary N) is 1. The Morgan fingerprint density at radius 2 is 2.35 bits per heavy atom. The Labute approximate surface area is 105 Å². The minimum absolute atomic E-state index is 0.0485. The van der Waals surface area contributed by atoms with Crippen molar-refractivity contribution >= 4 is 23.5 Å². The highest BCUT2D eigenvalue weighted by atomic mass is 32.2. The molecule has 92 valence electrons. The zero-order valence-corrected chi connectivity index (χ0v) is 10.8. The second kappa shape index (κ2) is 5.35. The van der Waals surface area contributed by atoms with Gasteiger partial charge in [0, 0.05) is 25.9 Å². The van der Waals surface area contributed by atoms with Crippen LogP contribution in [-0.4, -0.2) is 52.4 Å². The number of amides is 1. The molecule has 1 aliphatic rings. The predicted octanol–water partition coefficient (Wildman–Crippen LogP) is 1.10. The van der Waals surface area contributed by atoms with Crippen LogP contribution in [0.2, 0.25) is 0 Å². The third-order valence-corrected chi connectivity index (χ3v) is 4.05. The number of carbonyl (C=O) groups excluding carboxylic acids is 1. The van der Waals surface area contributed by atoms with Gasteiger partial charge in [-0.15, -0.1) is 0 Å². The van der Waals surface area contributed by atoms with Gasteiger partial charge in [-0.3, -0.25) is 4.79 Å². The summed E-state index contributed by atoms with van der Waals surface area (Å²) in [7, 11) is 3.61. The Bertz CT molecular complexity index is 389. The lowest BCUT2D eigenvalue weighted by atomic mass is 10.2. The van der Waals surface area contributed by atoms with Gasteiger partial charge in [0.1, 0.15) is 11.5 Å². The summed E-state index contributed by atoms with van der Waals surface area (Å²) in [6, 6.07) is 0.332. The van der Waals surface area contributed by atoms with E-state index < -0.39 is 0 Å². The van der Waals surface area contributed by atoms with Gasteiger partial charge in [-0.2, -0.15) is 11.8 Å². The van der Waals surface area contributed by atoms with Crippen molar-refractivity contribution in [3.05, 3.63) is 18.1 Å². The maximum Gasteiger partial charge on any atom is 0.274 e.